The van der Waals surface area contributed by atoms with Gasteiger partial charge in [0.2, 0.25) is 5.91 Å². The summed E-state index contributed by atoms with van der Waals surface area (Å²) in [6.45, 7) is 4.62. The standard InChI is InChI=1S/C15H22N4O/c20-15(3-4-17-9-12-1-2-13(17)7-12)18-5-6-19-11-16-8-14(19)10-18/h8,11-13H,1-7,9-10H2/t12-,13+/m1/s1. The Hall–Kier alpha value is -1.36. The molecule has 1 aliphatic carbocycles. The number of piperidine rings is 1. The second-order valence-corrected chi connectivity index (χ2v) is 6.47. The lowest BCUT2D eigenvalue weighted by Crippen LogP contribution is -2.40. The molecule has 2 atom stereocenters. The van der Waals surface area contributed by atoms with Gasteiger partial charge in [0, 0.05) is 44.8 Å². The molecule has 3 heterocycles. The molecule has 108 valence electrons. The van der Waals surface area contributed by atoms with E-state index in [9.17, 15) is 4.79 Å². The molecule has 1 saturated heterocycles. The van der Waals surface area contributed by atoms with Crippen molar-refractivity contribution in [1.82, 2.24) is 19.4 Å². The number of rotatable bonds is 3. The van der Waals surface area contributed by atoms with Crippen molar-refractivity contribution in [2.45, 2.75) is 44.8 Å². The van der Waals surface area contributed by atoms with E-state index in [1.165, 1.54) is 25.8 Å². The van der Waals surface area contributed by atoms with Crippen LogP contribution < -0.4 is 0 Å². The molecule has 0 unspecified atom stereocenters. The predicted octanol–water partition coefficient (Wildman–Crippen LogP) is 1.10. The molecule has 1 amide bonds. The van der Waals surface area contributed by atoms with Gasteiger partial charge in [0.1, 0.15) is 0 Å². The summed E-state index contributed by atoms with van der Waals surface area (Å²) in [6.07, 6.45) is 8.54. The summed E-state index contributed by atoms with van der Waals surface area (Å²) in [5.74, 6) is 1.22. The Balaban J connectivity index is 1.31. The summed E-state index contributed by atoms with van der Waals surface area (Å²) in [5.41, 5.74) is 1.16. The van der Waals surface area contributed by atoms with Crippen molar-refractivity contribution in [3.8, 4) is 0 Å². The lowest BCUT2D eigenvalue weighted by Gasteiger charge is -2.30. The first-order chi connectivity index (χ1) is 9.79. The van der Waals surface area contributed by atoms with Crippen LogP contribution in [0, 0.1) is 5.92 Å². The van der Waals surface area contributed by atoms with Crippen LogP contribution in [-0.4, -0.2) is 50.9 Å². The summed E-state index contributed by atoms with van der Waals surface area (Å²) < 4.78 is 2.14. The van der Waals surface area contributed by atoms with E-state index in [1.54, 1.807) is 0 Å². The van der Waals surface area contributed by atoms with E-state index in [2.05, 4.69) is 14.5 Å². The predicted molar refractivity (Wildman–Crippen MR) is 75.0 cm³/mol. The number of hydrogen-bond donors (Lipinski definition) is 0. The molecule has 1 saturated carbocycles. The fraction of sp³-hybridized carbons (Fsp3) is 0.733. The van der Waals surface area contributed by atoms with Crippen molar-refractivity contribution >= 4 is 5.91 Å². The first-order valence-corrected chi connectivity index (χ1v) is 7.80. The van der Waals surface area contributed by atoms with E-state index >= 15 is 0 Å². The zero-order valence-corrected chi connectivity index (χ0v) is 11.9. The number of amides is 1. The van der Waals surface area contributed by atoms with Crippen LogP contribution in [0.25, 0.3) is 0 Å². The van der Waals surface area contributed by atoms with Gasteiger partial charge in [-0.2, -0.15) is 0 Å². The van der Waals surface area contributed by atoms with Gasteiger partial charge < -0.3 is 9.47 Å². The molecule has 0 spiro atoms. The maximum Gasteiger partial charge on any atom is 0.224 e. The number of imidazole rings is 1. The monoisotopic (exact) mass is 274 g/mol. The van der Waals surface area contributed by atoms with Crippen LogP contribution in [-0.2, 0) is 17.9 Å². The molecule has 2 bridgehead atoms. The molecule has 1 aromatic rings. The Morgan fingerprint density at radius 2 is 2.30 bits per heavy atom. The molecular formula is C15H22N4O. The molecule has 0 N–H and O–H groups in total. The van der Waals surface area contributed by atoms with Gasteiger partial charge in [-0.3, -0.25) is 9.69 Å². The number of aromatic nitrogens is 2. The quantitative estimate of drug-likeness (QED) is 0.829. The van der Waals surface area contributed by atoms with E-state index in [0.717, 1.165) is 43.8 Å². The maximum absolute atomic E-state index is 12.4. The highest BCUT2D eigenvalue weighted by Gasteiger charge is 2.37. The molecule has 0 radical (unpaired) electrons. The topological polar surface area (TPSA) is 41.4 Å². The molecule has 2 fully saturated rings. The summed E-state index contributed by atoms with van der Waals surface area (Å²) in [4.78, 5) is 21.0. The van der Waals surface area contributed by atoms with Gasteiger partial charge in [-0.1, -0.05) is 0 Å². The van der Waals surface area contributed by atoms with Gasteiger partial charge in [0.15, 0.2) is 0 Å². The normalized spacial score (nSPS) is 28.9. The Morgan fingerprint density at radius 3 is 3.10 bits per heavy atom. The summed E-state index contributed by atoms with van der Waals surface area (Å²) in [5, 5.41) is 0. The van der Waals surface area contributed by atoms with Gasteiger partial charge in [-0.25, -0.2) is 4.98 Å². The molecule has 4 rings (SSSR count). The third-order valence-electron chi connectivity index (χ3n) is 5.25. The van der Waals surface area contributed by atoms with Gasteiger partial charge in [-0.05, 0) is 25.2 Å². The van der Waals surface area contributed by atoms with Crippen molar-refractivity contribution < 1.29 is 4.79 Å². The summed E-state index contributed by atoms with van der Waals surface area (Å²) in [6, 6.07) is 0.774. The average molecular weight is 274 g/mol. The zero-order valence-electron chi connectivity index (χ0n) is 11.9. The van der Waals surface area contributed by atoms with E-state index in [4.69, 9.17) is 0 Å². The van der Waals surface area contributed by atoms with Crippen LogP contribution >= 0.6 is 0 Å². The van der Waals surface area contributed by atoms with Gasteiger partial charge in [-0.15, -0.1) is 0 Å². The van der Waals surface area contributed by atoms with Crippen LogP contribution in [0.15, 0.2) is 12.5 Å². The second kappa shape index (κ2) is 4.88. The number of nitrogens with zero attached hydrogens (tertiary/aromatic N) is 4. The first kappa shape index (κ1) is 12.4. The smallest absolute Gasteiger partial charge is 0.224 e. The van der Waals surface area contributed by atoms with Gasteiger partial charge in [0.25, 0.3) is 0 Å². The molecule has 2 aliphatic heterocycles. The first-order valence-electron chi connectivity index (χ1n) is 7.80. The Labute approximate surface area is 119 Å². The Bertz CT molecular complexity index is 512. The third-order valence-corrected chi connectivity index (χ3v) is 5.25. The minimum atomic E-state index is 0.306. The fourth-order valence-corrected chi connectivity index (χ4v) is 4.10. The Kier molecular flexibility index (Phi) is 3.02. The average Bonchev–Trinajstić information content (AvgIpc) is 3.19. The van der Waals surface area contributed by atoms with Crippen LogP contribution in [0.3, 0.4) is 0 Å². The molecule has 5 heteroatoms. The summed E-state index contributed by atoms with van der Waals surface area (Å²) in [7, 11) is 0. The molecule has 20 heavy (non-hydrogen) atoms. The summed E-state index contributed by atoms with van der Waals surface area (Å²) >= 11 is 0. The van der Waals surface area contributed by atoms with Crippen molar-refractivity contribution in [3.05, 3.63) is 18.2 Å². The number of carbonyl (C=O) groups excluding carboxylic acids is 1. The highest BCUT2D eigenvalue weighted by Crippen LogP contribution is 2.37. The minimum absolute atomic E-state index is 0.306. The van der Waals surface area contributed by atoms with E-state index in [0.29, 0.717) is 12.3 Å². The zero-order chi connectivity index (χ0) is 13.5. The third kappa shape index (κ3) is 2.14. The highest BCUT2D eigenvalue weighted by molar-refractivity contribution is 5.76. The molecular weight excluding hydrogens is 252 g/mol. The van der Waals surface area contributed by atoms with Gasteiger partial charge >= 0.3 is 0 Å². The van der Waals surface area contributed by atoms with Crippen LogP contribution in [0.1, 0.15) is 31.4 Å². The van der Waals surface area contributed by atoms with Crippen LogP contribution in [0.5, 0.6) is 0 Å². The van der Waals surface area contributed by atoms with Crippen LogP contribution in [0.4, 0.5) is 0 Å². The number of fused-ring (bicyclic) bond motifs is 3. The van der Waals surface area contributed by atoms with Crippen molar-refractivity contribution in [1.29, 1.82) is 0 Å². The largest absolute Gasteiger partial charge is 0.335 e. The maximum atomic E-state index is 12.4. The van der Waals surface area contributed by atoms with E-state index in [-0.39, 0.29) is 0 Å². The van der Waals surface area contributed by atoms with E-state index in [1.807, 2.05) is 17.4 Å². The molecule has 5 nitrogen and oxygen atoms in total. The van der Waals surface area contributed by atoms with Gasteiger partial charge in [0.05, 0.1) is 18.6 Å². The van der Waals surface area contributed by atoms with E-state index < -0.39 is 0 Å². The number of likely N-dealkylation sites (tertiary alicyclic amines) is 1. The number of carbonyl (C=O) groups is 1. The molecule has 1 aromatic heterocycles. The molecule has 0 aromatic carbocycles. The van der Waals surface area contributed by atoms with Crippen LogP contribution in [0.2, 0.25) is 0 Å². The molecule has 3 aliphatic rings. The van der Waals surface area contributed by atoms with Crippen molar-refractivity contribution in [3.63, 3.8) is 0 Å². The van der Waals surface area contributed by atoms with Crippen molar-refractivity contribution in [2.24, 2.45) is 5.92 Å². The fourth-order valence-electron chi connectivity index (χ4n) is 4.10. The SMILES string of the molecule is O=C(CCN1C[C@@H]2CC[C@H]1C2)N1CCn2cncc2C1. The highest BCUT2D eigenvalue weighted by atomic mass is 16.2. The Morgan fingerprint density at radius 1 is 1.35 bits per heavy atom. The lowest BCUT2D eigenvalue weighted by molar-refractivity contribution is -0.133. The van der Waals surface area contributed by atoms with Crippen molar-refractivity contribution in [2.75, 3.05) is 19.6 Å². The second-order valence-electron chi connectivity index (χ2n) is 6.47. The number of hydrogen-bond acceptors (Lipinski definition) is 3. The minimum Gasteiger partial charge on any atom is -0.335 e. The lowest BCUT2D eigenvalue weighted by atomic mass is 10.1.